The molecule has 100 valence electrons. The summed E-state index contributed by atoms with van der Waals surface area (Å²) >= 11 is 0. The highest BCUT2D eigenvalue weighted by atomic mass is 15.3. The highest BCUT2D eigenvalue weighted by Gasteiger charge is 2.24. The van der Waals surface area contributed by atoms with Crippen LogP contribution >= 0.6 is 0 Å². The average Bonchev–Trinajstić information content (AvgIpc) is 2.26. The van der Waals surface area contributed by atoms with E-state index in [4.69, 9.17) is 5.73 Å². The molecule has 4 heteroatoms. The van der Waals surface area contributed by atoms with Crippen molar-refractivity contribution in [1.82, 2.24) is 14.7 Å². The first kappa shape index (κ1) is 13.3. The largest absolute Gasteiger partial charge is 0.329 e. The number of rotatable bonds is 6. The molecule has 0 aromatic rings. The molecule has 2 rings (SSSR count). The molecule has 1 saturated carbocycles. The Morgan fingerprint density at radius 1 is 1.12 bits per heavy atom. The predicted molar refractivity (Wildman–Crippen MR) is 72.2 cm³/mol. The van der Waals surface area contributed by atoms with Gasteiger partial charge in [-0.1, -0.05) is 6.42 Å². The lowest BCUT2D eigenvalue weighted by atomic mass is 9.91. The summed E-state index contributed by atoms with van der Waals surface area (Å²) < 4.78 is 0. The van der Waals surface area contributed by atoms with E-state index >= 15 is 0 Å². The molecule has 1 aliphatic heterocycles. The molecular weight excluding hydrogens is 212 g/mol. The number of nitrogens with two attached hydrogens (primary N) is 1. The minimum Gasteiger partial charge on any atom is -0.329 e. The zero-order chi connectivity index (χ0) is 12.1. The van der Waals surface area contributed by atoms with Crippen LogP contribution in [0, 0.1) is 0 Å². The van der Waals surface area contributed by atoms with Crippen molar-refractivity contribution in [3.05, 3.63) is 0 Å². The minimum absolute atomic E-state index is 0.805. The molecule has 2 aliphatic rings. The van der Waals surface area contributed by atoms with E-state index < -0.39 is 0 Å². The van der Waals surface area contributed by atoms with Crippen molar-refractivity contribution in [2.24, 2.45) is 5.73 Å². The van der Waals surface area contributed by atoms with Gasteiger partial charge < -0.3 is 10.6 Å². The number of likely N-dealkylation sites (N-methyl/N-ethyl adjacent to an activating group) is 1. The van der Waals surface area contributed by atoms with E-state index in [0.717, 1.165) is 19.1 Å². The maximum atomic E-state index is 5.71. The van der Waals surface area contributed by atoms with Gasteiger partial charge in [-0.15, -0.1) is 0 Å². The van der Waals surface area contributed by atoms with Crippen LogP contribution < -0.4 is 5.73 Å². The zero-order valence-electron chi connectivity index (χ0n) is 11.3. The second kappa shape index (κ2) is 6.69. The molecule has 2 fully saturated rings. The van der Waals surface area contributed by atoms with E-state index in [2.05, 4.69) is 21.7 Å². The first-order valence-corrected chi connectivity index (χ1v) is 7.14. The van der Waals surface area contributed by atoms with Gasteiger partial charge in [0.05, 0.1) is 0 Å². The second-order valence-corrected chi connectivity index (χ2v) is 5.55. The molecule has 0 radical (unpaired) electrons. The lowest BCUT2D eigenvalue weighted by Crippen LogP contribution is -2.50. The number of nitrogens with zero attached hydrogens (tertiary/aromatic N) is 3. The molecule has 1 aliphatic carbocycles. The minimum atomic E-state index is 0.805. The maximum absolute atomic E-state index is 5.71. The van der Waals surface area contributed by atoms with E-state index in [1.807, 2.05) is 0 Å². The predicted octanol–water partition coefficient (Wildman–Crippen LogP) is 0.0470. The third kappa shape index (κ3) is 3.91. The second-order valence-electron chi connectivity index (χ2n) is 5.55. The zero-order valence-corrected chi connectivity index (χ0v) is 11.3. The fourth-order valence-corrected chi connectivity index (χ4v) is 2.74. The molecule has 0 aromatic heterocycles. The summed E-state index contributed by atoms with van der Waals surface area (Å²) in [7, 11) is 2.21. The maximum Gasteiger partial charge on any atom is 0.0113 e. The molecule has 0 unspecified atom stereocenters. The summed E-state index contributed by atoms with van der Waals surface area (Å²) in [6, 6.07) is 0.839. The smallest absolute Gasteiger partial charge is 0.0113 e. The monoisotopic (exact) mass is 240 g/mol. The number of hydrogen-bond donors (Lipinski definition) is 1. The Morgan fingerprint density at radius 3 is 2.35 bits per heavy atom. The van der Waals surface area contributed by atoms with Gasteiger partial charge in [0.25, 0.3) is 0 Å². The van der Waals surface area contributed by atoms with Crippen molar-refractivity contribution in [3.63, 3.8) is 0 Å². The van der Waals surface area contributed by atoms with Gasteiger partial charge in [-0.25, -0.2) is 0 Å². The Balaban J connectivity index is 1.67. The standard InChI is InChI=1S/C13H28N4/c1-15-7-9-16(10-8-15)11-12-17(6-5-14)13-3-2-4-13/h13H,2-12,14H2,1H3. The molecule has 2 N–H and O–H groups in total. The third-order valence-corrected chi connectivity index (χ3v) is 4.31. The van der Waals surface area contributed by atoms with Crippen LogP contribution in [0.3, 0.4) is 0 Å². The van der Waals surface area contributed by atoms with Crippen LogP contribution in [0.25, 0.3) is 0 Å². The van der Waals surface area contributed by atoms with Crippen molar-refractivity contribution >= 4 is 0 Å². The summed E-state index contributed by atoms with van der Waals surface area (Å²) in [6.45, 7) is 9.24. The van der Waals surface area contributed by atoms with Gasteiger partial charge in [-0.05, 0) is 19.9 Å². The van der Waals surface area contributed by atoms with E-state index in [-0.39, 0.29) is 0 Å². The van der Waals surface area contributed by atoms with Crippen LogP contribution in [0.1, 0.15) is 19.3 Å². The quantitative estimate of drug-likeness (QED) is 0.711. The third-order valence-electron chi connectivity index (χ3n) is 4.31. The van der Waals surface area contributed by atoms with E-state index in [0.29, 0.717) is 0 Å². The summed E-state index contributed by atoms with van der Waals surface area (Å²) in [5, 5.41) is 0. The summed E-state index contributed by atoms with van der Waals surface area (Å²) in [5.74, 6) is 0. The topological polar surface area (TPSA) is 35.7 Å². The van der Waals surface area contributed by atoms with E-state index in [1.54, 1.807) is 0 Å². The van der Waals surface area contributed by atoms with E-state index in [9.17, 15) is 0 Å². The number of hydrogen-bond acceptors (Lipinski definition) is 4. The fraction of sp³-hybridized carbons (Fsp3) is 1.00. The molecule has 1 heterocycles. The van der Waals surface area contributed by atoms with Gasteiger partial charge in [0.15, 0.2) is 0 Å². The molecular formula is C13H28N4. The summed E-state index contributed by atoms with van der Waals surface area (Å²) in [5.41, 5.74) is 5.71. The van der Waals surface area contributed by atoms with E-state index in [1.165, 1.54) is 58.5 Å². The van der Waals surface area contributed by atoms with Crippen molar-refractivity contribution in [2.75, 3.05) is 59.4 Å². The SMILES string of the molecule is CN1CCN(CCN(CCN)C2CCC2)CC1. The van der Waals surface area contributed by atoms with Crippen LogP contribution in [0.2, 0.25) is 0 Å². The van der Waals surface area contributed by atoms with Crippen LogP contribution in [0.15, 0.2) is 0 Å². The molecule has 17 heavy (non-hydrogen) atoms. The van der Waals surface area contributed by atoms with Crippen LogP contribution in [0.4, 0.5) is 0 Å². The Hall–Kier alpha value is -0.160. The van der Waals surface area contributed by atoms with Crippen molar-refractivity contribution in [1.29, 1.82) is 0 Å². The Morgan fingerprint density at radius 2 is 1.82 bits per heavy atom. The molecule has 0 spiro atoms. The highest BCUT2D eigenvalue weighted by molar-refractivity contribution is 4.81. The molecule has 1 saturated heterocycles. The Bertz CT molecular complexity index is 209. The van der Waals surface area contributed by atoms with Crippen LogP contribution in [-0.2, 0) is 0 Å². The van der Waals surface area contributed by atoms with Gasteiger partial charge in [0.2, 0.25) is 0 Å². The molecule has 0 amide bonds. The first-order chi connectivity index (χ1) is 8.29. The van der Waals surface area contributed by atoms with Crippen molar-refractivity contribution in [3.8, 4) is 0 Å². The van der Waals surface area contributed by atoms with Crippen molar-refractivity contribution < 1.29 is 0 Å². The van der Waals surface area contributed by atoms with Crippen molar-refractivity contribution in [2.45, 2.75) is 25.3 Å². The molecule has 0 aromatic carbocycles. The van der Waals surface area contributed by atoms with Crippen LogP contribution in [0.5, 0.6) is 0 Å². The van der Waals surface area contributed by atoms with Gasteiger partial charge in [0.1, 0.15) is 0 Å². The Kier molecular flexibility index (Phi) is 5.22. The lowest BCUT2D eigenvalue weighted by Gasteiger charge is -2.39. The molecule has 4 nitrogen and oxygen atoms in total. The van der Waals surface area contributed by atoms with Gasteiger partial charge in [-0.2, -0.15) is 0 Å². The lowest BCUT2D eigenvalue weighted by molar-refractivity contribution is 0.0940. The highest BCUT2D eigenvalue weighted by Crippen LogP contribution is 2.24. The Labute approximate surface area is 106 Å². The fourth-order valence-electron chi connectivity index (χ4n) is 2.74. The van der Waals surface area contributed by atoms with Gasteiger partial charge >= 0.3 is 0 Å². The summed E-state index contributed by atoms with van der Waals surface area (Å²) in [6.07, 6.45) is 4.20. The normalized spacial score (nSPS) is 24.2. The number of piperazine rings is 1. The first-order valence-electron chi connectivity index (χ1n) is 7.14. The van der Waals surface area contributed by atoms with Gasteiger partial charge in [0, 0.05) is 58.4 Å². The average molecular weight is 240 g/mol. The van der Waals surface area contributed by atoms with Gasteiger partial charge in [-0.3, -0.25) is 9.80 Å². The van der Waals surface area contributed by atoms with Crippen LogP contribution in [-0.4, -0.2) is 80.1 Å². The molecule has 0 atom stereocenters. The summed E-state index contributed by atoms with van der Waals surface area (Å²) in [4.78, 5) is 7.63. The molecule has 0 bridgehead atoms.